The monoisotopic (exact) mass is 378 g/mol. The second-order valence-electron chi connectivity index (χ2n) is 6.02. The summed E-state index contributed by atoms with van der Waals surface area (Å²) in [7, 11) is 0. The van der Waals surface area contributed by atoms with Crippen LogP contribution in [0.4, 0.5) is 23.2 Å². The molecule has 0 bridgehead atoms. The van der Waals surface area contributed by atoms with Crippen LogP contribution in [0.5, 0.6) is 0 Å². The summed E-state index contributed by atoms with van der Waals surface area (Å²) >= 11 is 0. The van der Waals surface area contributed by atoms with Gasteiger partial charge in [0.1, 0.15) is 5.82 Å². The zero-order chi connectivity index (χ0) is 20.1. The lowest BCUT2D eigenvalue weighted by atomic mass is 9.99. The van der Waals surface area contributed by atoms with E-state index in [1.165, 1.54) is 12.1 Å². The number of carbonyl (C=O) groups excluding carboxylic acids is 2. The maximum absolute atomic E-state index is 13.9. The number of alkyl halides is 3. The first-order valence-corrected chi connectivity index (χ1v) is 8.05. The molecule has 1 aromatic rings. The number of carbonyl (C=O) groups is 2. The fourth-order valence-electron chi connectivity index (χ4n) is 2.16. The smallest absolute Gasteiger partial charge is 0.393 e. The number of nitrogens with one attached hydrogen (secondary N) is 1. The van der Waals surface area contributed by atoms with Crippen LogP contribution in [0.1, 0.15) is 26.3 Å². The highest BCUT2D eigenvalue weighted by molar-refractivity contribution is 5.95. The number of hydrogen-bond acceptors (Lipinski definition) is 4. The number of halogens is 4. The van der Waals surface area contributed by atoms with Gasteiger partial charge in [-0.15, -0.1) is 0 Å². The van der Waals surface area contributed by atoms with Gasteiger partial charge in [-0.05, 0) is 31.0 Å². The fourth-order valence-corrected chi connectivity index (χ4v) is 2.16. The van der Waals surface area contributed by atoms with Gasteiger partial charge in [-0.3, -0.25) is 9.59 Å². The molecule has 0 aliphatic rings. The van der Waals surface area contributed by atoms with Gasteiger partial charge in [0, 0.05) is 0 Å². The van der Waals surface area contributed by atoms with Crippen molar-refractivity contribution in [3.8, 4) is 0 Å². The van der Waals surface area contributed by atoms with Gasteiger partial charge in [0.2, 0.25) is 5.91 Å². The minimum Gasteiger partial charge on any atom is -0.466 e. The lowest BCUT2D eigenvalue weighted by Gasteiger charge is -2.22. The van der Waals surface area contributed by atoms with Gasteiger partial charge >= 0.3 is 12.1 Å². The normalized spacial score (nSPS) is 15.1. The van der Waals surface area contributed by atoms with Crippen LogP contribution in [0.2, 0.25) is 0 Å². The zero-order valence-electron chi connectivity index (χ0n) is 14.7. The van der Waals surface area contributed by atoms with Gasteiger partial charge in [0.05, 0.1) is 30.2 Å². The molecule has 0 saturated carbocycles. The number of hydrogen-bond donors (Lipinski definition) is 2. The molecule has 0 aliphatic carbocycles. The van der Waals surface area contributed by atoms with Crippen molar-refractivity contribution in [2.45, 2.75) is 39.4 Å². The van der Waals surface area contributed by atoms with Gasteiger partial charge in [-0.25, -0.2) is 4.39 Å². The topological polar surface area (TPSA) is 81.4 Å². The first-order valence-electron chi connectivity index (χ1n) is 8.05. The Labute approximate surface area is 148 Å². The molecule has 0 aromatic heterocycles. The van der Waals surface area contributed by atoms with Crippen molar-refractivity contribution in [3.63, 3.8) is 0 Å². The van der Waals surface area contributed by atoms with Gasteiger partial charge in [0.15, 0.2) is 0 Å². The summed E-state index contributed by atoms with van der Waals surface area (Å²) in [5, 5.41) is 2.08. The summed E-state index contributed by atoms with van der Waals surface area (Å²) in [6.45, 7) is 4.29. The molecule has 1 rings (SSSR count). The highest BCUT2D eigenvalue weighted by atomic mass is 19.4. The maximum atomic E-state index is 13.9. The first-order chi connectivity index (χ1) is 12.0. The molecule has 5 nitrogen and oxygen atoms in total. The molecule has 0 radical (unpaired) electrons. The van der Waals surface area contributed by atoms with Crippen molar-refractivity contribution in [1.29, 1.82) is 0 Å². The minimum atomic E-state index is -4.65. The van der Waals surface area contributed by atoms with Crippen LogP contribution in [0.25, 0.3) is 0 Å². The average molecular weight is 378 g/mol. The SMILES string of the molecule is CCOC(=O)[C@@H](C)Cc1ccc(F)c(NC(=O)[C@@H](N)C(C)C(F)(F)F)c1. The highest BCUT2D eigenvalue weighted by Crippen LogP contribution is 2.28. The number of esters is 1. The molecule has 1 amide bonds. The van der Waals surface area contributed by atoms with Crippen LogP contribution in [0.15, 0.2) is 18.2 Å². The van der Waals surface area contributed by atoms with Gasteiger partial charge in [-0.2, -0.15) is 13.2 Å². The molecule has 0 fully saturated rings. The largest absolute Gasteiger partial charge is 0.466 e. The predicted octanol–water partition coefficient (Wildman–Crippen LogP) is 3.03. The Kier molecular flexibility index (Phi) is 7.55. The molecule has 9 heteroatoms. The first kappa shape index (κ1) is 21.9. The van der Waals surface area contributed by atoms with E-state index >= 15 is 0 Å². The van der Waals surface area contributed by atoms with E-state index in [2.05, 4.69) is 5.32 Å². The second-order valence-corrected chi connectivity index (χ2v) is 6.02. The number of anilines is 1. The van der Waals surface area contributed by atoms with Crippen LogP contribution in [0, 0.1) is 17.7 Å². The van der Waals surface area contributed by atoms with Crippen LogP contribution < -0.4 is 11.1 Å². The van der Waals surface area contributed by atoms with E-state index < -0.39 is 41.7 Å². The number of ether oxygens (including phenoxy) is 1. The Hall–Kier alpha value is -2.16. The zero-order valence-corrected chi connectivity index (χ0v) is 14.7. The van der Waals surface area contributed by atoms with Crippen molar-refractivity contribution in [2.75, 3.05) is 11.9 Å². The molecule has 3 atom stereocenters. The van der Waals surface area contributed by atoms with Gasteiger partial charge in [0.25, 0.3) is 0 Å². The standard InChI is InChI=1S/C17H22F4N2O3/c1-4-26-16(25)9(2)7-11-5-6-12(18)13(8-11)23-15(24)14(22)10(3)17(19,20)21/h5-6,8-10,14H,4,7,22H2,1-3H3,(H,23,24)/t9-,10?,14-/m0/s1. The number of benzene rings is 1. The number of nitrogens with two attached hydrogens (primary N) is 1. The Morgan fingerprint density at radius 3 is 2.42 bits per heavy atom. The highest BCUT2D eigenvalue weighted by Gasteiger charge is 2.42. The molecule has 0 spiro atoms. The van der Waals surface area contributed by atoms with Crippen LogP contribution >= 0.6 is 0 Å². The molecule has 1 unspecified atom stereocenters. The molecule has 26 heavy (non-hydrogen) atoms. The van der Waals surface area contributed by atoms with E-state index in [4.69, 9.17) is 10.5 Å². The predicted molar refractivity (Wildman–Crippen MR) is 87.7 cm³/mol. The molecule has 0 aliphatic heterocycles. The number of rotatable bonds is 7. The van der Waals surface area contributed by atoms with E-state index in [1.54, 1.807) is 13.8 Å². The second kappa shape index (κ2) is 8.98. The Morgan fingerprint density at radius 1 is 1.27 bits per heavy atom. The van der Waals surface area contributed by atoms with Gasteiger partial charge < -0.3 is 15.8 Å². The third-order valence-electron chi connectivity index (χ3n) is 3.88. The maximum Gasteiger partial charge on any atom is 0.393 e. The fraction of sp³-hybridized carbons (Fsp3) is 0.529. The van der Waals surface area contributed by atoms with Crippen molar-refractivity contribution in [3.05, 3.63) is 29.6 Å². The minimum absolute atomic E-state index is 0.215. The lowest BCUT2D eigenvalue weighted by molar-refractivity contribution is -0.176. The van der Waals surface area contributed by atoms with Crippen molar-refractivity contribution < 1.29 is 31.9 Å². The summed E-state index contributed by atoms with van der Waals surface area (Å²) in [6, 6.07) is 1.85. The van der Waals surface area contributed by atoms with E-state index in [0.717, 1.165) is 13.0 Å². The van der Waals surface area contributed by atoms with Crippen molar-refractivity contribution in [1.82, 2.24) is 0 Å². The third kappa shape index (κ3) is 5.98. The van der Waals surface area contributed by atoms with Crippen molar-refractivity contribution >= 4 is 17.6 Å². The Balaban J connectivity index is 2.87. The molecule has 3 N–H and O–H groups in total. The van der Waals surface area contributed by atoms with E-state index in [1.807, 2.05) is 0 Å². The van der Waals surface area contributed by atoms with Gasteiger partial charge in [-0.1, -0.05) is 19.9 Å². The summed E-state index contributed by atoms with van der Waals surface area (Å²) in [5.41, 5.74) is 5.54. The van der Waals surface area contributed by atoms with Crippen LogP contribution in [-0.2, 0) is 20.7 Å². The number of amides is 1. The molecular formula is C17H22F4N2O3. The van der Waals surface area contributed by atoms with E-state index in [9.17, 15) is 27.2 Å². The molecule has 1 aromatic carbocycles. The quantitative estimate of drug-likeness (QED) is 0.565. The average Bonchev–Trinajstić information content (AvgIpc) is 2.55. The molecule has 0 heterocycles. The van der Waals surface area contributed by atoms with E-state index in [-0.39, 0.29) is 18.7 Å². The lowest BCUT2D eigenvalue weighted by Crippen LogP contribution is -2.46. The molecule has 0 saturated heterocycles. The van der Waals surface area contributed by atoms with Crippen LogP contribution in [-0.4, -0.2) is 30.7 Å². The Morgan fingerprint density at radius 2 is 1.88 bits per heavy atom. The summed E-state index contributed by atoms with van der Waals surface area (Å²) < 4.78 is 56.7. The summed E-state index contributed by atoms with van der Waals surface area (Å²) in [6.07, 6.45) is -4.43. The molecular weight excluding hydrogens is 356 g/mol. The van der Waals surface area contributed by atoms with E-state index in [0.29, 0.717) is 5.56 Å². The third-order valence-corrected chi connectivity index (χ3v) is 3.88. The molecule has 146 valence electrons. The van der Waals surface area contributed by atoms with Crippen LogP contribution in [0.3, 0.4) is 0 Å². The summed E-state index contributed by atoms with van der Waals surface area (Å²) in [5.74, 6) is -4.99. The summed E-state index contributed by atoms with van der Waals surface area (Å²) in [4.78, 5) is 23.5. The Bertz CT molecular complexity index is 649. The van der Waals surface area contributed by atoms with Crippen molar-refractivity contribution in [2.24, 2.45) is 17.6 Å².